The van der Waals surface area contributed by atoms with Gasteiger partial charge in [0.25, 0.3) is 0 Å². The van der Waals surface area contributed by atoms with Crippen LogP contribution < -0.4 is 0 Å². The molecule has 3 nitrogen and oxygen atoms in total. The summed E-state index contributed by atoms with van der Waals surface area (Å²) in [6.07, 6.45) is 4.92. The molecule has 1 N–H and O–H groups in total. The van der Waals surface area contributed by atoms with Crippen LogP contribution in [0.1, 0.15) is 6.92 Å². The van der Waals surface area contributed by atoms with E-state index in [1.54, 1.807) is 19.4 Å². The quantitative estimate of drug-likeness (QED) is 0.695. The number of hydrogen-bond acceptors (Lipinski definition) is 2. The van der Waals surface area contributed by atoms with Crippen LogP contribution in [-0.4, -0.2) is 20.8 Å². The normalized spacial score (nSPS) is 12.2. The lowest BCUT2D eigenvalue weighted by molar-refractivity contribution is 0.173. The lowest BCUT2D eigenvalue weighted by Crippen LogP contribution is -2.09. The van der Waals surface area contributed by atoms with E-state index in [-0.39, 0.29) is 18.5 Å². The van der Waals surface area contributed by atoms with E-state index in [1.807, 2.05) is 10.8 Å². The Balaban J connectivity index is 0.000000810. The maximum absolute atomic E-state index is 8.88. The van der Waals surface area contributed by atoms with Crippen molar-refractivity contribution in [1.82, 2.24) is 9.55 Å². The van der Waals surface area contributed by atoms with Crippen molar-refractivity contribution < 1.29 is 5.11 Å². The summed E-state index contributed by atoms with van der Waals surface area (Å²) in [5.41, 5.74) is 0. The Bertz CT molecular complexity index is 162. The Morgan fingerprint density at radius 2 is 2.40 bits per heavy atom. The summed E-state index contributed by atoms with van der Waals surface area (Å²) in [5, 5.41) is 8.88. The van der Waals surface area contributed by atoms with E-state index in [0.717, 1.165) is 0 Å². The van der Waals surface area contributed by atoms with Crippen LogP contribution in [0.25, 0.3) is 0 Å². The summed E-state index contributed by atoms with van der Waals surface area (Å²) < 4.78 is 1.84. The van der Waals surface area contributed by atoms with Gasteiger partial charge in [-0.15, -0.1) is 12.4 Å². The highest BCUT2D eigenvalue weighted by Gasteiger charge is 1.93. The third-order valence-electron chi connectivity index (χ3n) is 1.03. The van der Waals surface area contributed by atoms with Crippen LogP contribution in [0.4, 0.5) is 0 Å². The van der Waals surface area contributed by atoms with Crippen molar-refractivity contribution in [3.63, 3.8) is 0 Å². The third-order valence-corrected chi connectivity index (χ3v) is 1.03. The summed E-state index contributed by atoms with van der Waals surface area (Å²) in [6.45, 7) is 2.38. The van der Waals surface area contributed by atoms with E-state index in [2.05, 4.69) is 4.98 Å². The topological polar surface area (TPSA) is 38.0 Å². The maximum Gasteiger partial charge on any atom is 0.0946 e. The highest BCUT2D eigenvalue weighted by Crippen LogP contribution is 1.89. The van der Waals surface area contributed by atoms with Crippen molar-refractivity contribution in [2.75, 3.05) is 0 Å². The molecule has 0 saturated heterocycles. The molecule has 0 radical (unpaired) electrons. The molecule has 0 unspecified atom stereocenters. The lowest BCUT2D eigenvalue weighted by Gasteiger charge is -2.02. The summed E-state index contributed by atoms with van der Waals surface area (Å²) in [7, 11) is 0. The van der Waals surface area contributed by atoms with Crippen molar-refractivity contribution >= 4 is 12.4 Å². The molecule has 58 valence electrons. The van der Waals surface area contributed by atoms with E-state index in [4.69, 9.17) is 5.11 Å². The van der Waals surface area contributed by atoms with Crippen LogP contribution >= 0.6 is 12.4 Å². The van der Waals surface area contributed by atoms with E-state index >= 15 is 0 Å². The fourth-order valence-corrected chi connectivity index (χ4v) is 0.700. The van der Waals surface area contributed by atoms with Crippen LogP contribution in [0, 0.1) is 0 Å². The average Bonchev–Trinajstić information content (AvgIpc) is 2.15. The minimum absolute atomic E-state index is 0. The van der Waals surface area contributed by atoms with Crippen molar-refractivity contribution in [3.05, 3.63) is 18.7 Å². The van der Waals surface area contributed by atoms with Crippen LogP contribution in [0.2, 0.25) is 0 Å². The summed E-state index contributed by atoms with van der Waals surface area (Å²) in [4.78, 5) is 3.83. The first-order valence-corrected chi connectivity index (χ1v) is 2.93. The molecule has 1 aromatic rings. The molecule has 1 rings (SSSR count). The number of aromatic nitrogens is 2. The summed E-state index contributed by atoms with van der Waals surface area (Å²) in [6, 6.07) is 0. The first-order valence-electron chi connectivity index (χ1n) is 2.93. The molecule has 1 aromatic heterocycles. The van der Waals surface area contributed by atoms with Gasteiger partial charge in [0.2, 0.25) is 0 Å². The van der Waals surface area contributed by atoms with Gasteiger partial charge in [-0.3, -0.25) is 0 Å². The van der Waals surface area contributed by atoms with E-state index in [1.165, 1.54) is 0 Å². The summed E-state index contributed by atoms with van der Waals surface area (Å²) >= 11 is 0. The molecule has 0 spiro atoms. The Morgan fingerprint density at radius 3 is 2.80 bits per heavy atom. The molecule has 1 heterocycles. The van der Waals surface area contributed by atoms with Gasteiger partial charge in [-0.05, 0) is 6.92 Å². The average molecular weight is 163 g/mol. The zero-order valence-corrected chi connectivity index (χ0v) is 6.58. The fraction of sp³-hybridized carbons (Fsp3) is 0.500. The molecule has 0 aliphatic rings. The van der Waals surface area contributed by atoms with Gasteiger partial charge >= 0.3 is 0 Å². The van der Waals surface area contributed by atoms with Gasteiger partial charge < -0.3 is 9.67 Å². The molecule has 0 amide bonds. The van der Waals surface area contributed by atoms with Gasteiger partial charge in [-0.2, -0.15) is 0 Å². The van der Waals surface area contributed by atoms with Crippen molar-refractivity contribution in [2.24, 2.45) is 0 Å². The van der Waals surface area contributed by atoms with Crippen LogP contribution in [-0.2, 0) is 6.54 Å². The van der Waals surface area contributed by atoms with Crippen LogP contribution in [0.5, 0.6) is 0 Å². The van der Waals surface area contributed by atoms with Crippen LogP contribution in [0.15, 0.2) is 18.7 Å². The standard InChI is InChI=1S/C6H10N2O.ClH/c1-6(9)4-8-3-2-7-5-8;/h2-3,5-6,9H,4H2,1H3;1H/t6-;/m1./s1. The highest BCUT2D eigenvalue weighted by molar-refractivity contribution is 5.85. The molecule has 0 aromatic carbocycles. The van der Waals surface area contributed by atoms with Crippen molar-refractivity contribution in [2.45, 2.75) is 19.6 Å². The first-order chi connectivity index (χ1) is 4.29. The zero-order valence-electron chi connectivity index (χ0n) is 5.77. The number of nitrogens with zero attached hydrogens (tertiary/aromatic N) is 2. The Hall–Kier alpha value is -0.540. The second-order valence-corrected chi connectivity index (χ2v) is 2.11. The minimum atomic E-state index is -0.292. The van der Waals surface area contributed by atoms with Crippen LogP contribution in [0.3, 0.4) is 0 Å². The predicted octanol–water partition coefficient (Wildman–Crippen LogP) is 0.686. The van der Waals surface area contributed by atoms with Gasteiger partial charge in [0, 0.05) is 18.9 Å². The Morgan fingerprint density at radius 1 is 1.70 bits per heavy atom. The Labute approximate surface area is 66.1 Å². The second-order valence-electron chi connectivity index (χ2n) is 2.11. The monoisotopic (exact) mass is 162 g/mol. The number of hydrogen-bond donors (Lipinski definition) is 1. The molecule has 10 heavy (non-hydrogen) atoms. The number of aliphatic hydroxyl groups excluding tert-OH is 1. The van der Waals surface area contributed by atoms with E-state index < -0.39 is 0 Å². The number of rotatable bonds is 2. The highest BCUT2D eigenvalue weighted by atomic mass is 35.5. The van der Waals surface area contributed by atoms with Gasteiger partial charge in [0.05, 0.1) is 12.4 Å². The number of halogens is 1. The SMILES string of the molecule is C[C@@H](O)Cn1ccnc1.Cl. The predicted molar refractivity (Wildman–Crippen MR) is 41.2 cm³/mol. The van der Waals surface area contributed by atoms with Crippen molar-refractivity contribution in [3.8, 4) is 0 Å². The molecule has 0 aliphatic carbocycles. The minimum Gasteiger partial charge on any atom is -0.392 e. The molecule has 0 saturated carbocycles. The number of aliphatic hydroxyl groups is 1. The molecular weight excluding hydrogens is 152 g/mol. The molecule has 0 fully saturated rings. The lowest BCUT2D eigenvalue weighted by atomic mass is 10.4. The zero-order chi connectivity index (χ0) is 6.69. The van der Waals surface area contributed by atoms with E-state index in [0.29, 0.717) is 6.54 Å². The van der Waals surface area contributed by atoms with Gasteiger partial charge in [-0.25, -0.2) is 4.98 Å². The summed E-state index contributed by atoms with van der Waals surface area (Å²) in [5.74, 6) is 0. The van der Waals surface area contributed by atoms with E-state index in [9.17, 15) is 0 Å². The largest absolute Gasteiger partial charge is 0.392 e. The molecule has 4 heteroatoms. The smallest absolute Gasteiger partial charge is 0.0946 e. The van der Waals surface area contributed by atoms with Gasteiger partial charge in [0.1, 0.15) is 0 Å². The first kappa shape index (κ1) is 9.46. The number of imidazole rings is 1. The van der Waals surface area contributed by atoms with Gasteiger partial charge in [0.15, 0.2) is 0 Å². The molecular formula is C6H11ClN2O. The molecule has 1 atom stereocenters. The molecule has 0 aliphatic heterocycles. The van der Waals surface area contributed by atoms with Crippen molar-refractivity contribution in [1.29, 1.82) is 0 Å². The second kappa shape index (κ2) is 4.30. The third kappa shape index (κ3) is 2.85. The maximum atomic E-state index is 8.88. The fourth-order valence-electron chi connectivity index (χ4n) is 0.700. The molecule has 0 bridgehead atoms. The van der Waals surface area contributed by atoms with Gasteiger partial charge in [-0.1, -0.05) is 0 Å². The Kier molecular flexibility index (Phi) is 4.07.